The fraction of sp³-hybridized carbons (Fsp3) is 0.219. The molecule has 1 unspecified atom stereocenters. The van der Waals surface area contributed by atoms with E-state index in [9.17, 15) is 4.79 Å². The normalized spacial score (nSPS) is 16.0. The highest BCUT2D eigenvalue weighted by atomic mass is 16.3. The van der Waals surface area contributed by atoms with Gasteiger partial charge in [-0.15, -0.1) is 0 Å². The van der Waals surface area contributed by atoms with Gasteiger partial charge in [0.1, 0.15) is 22.3 Å². The highest BCUT2D eigenvalue weighted by Crippen LogP contribution is 2.36. The number of fused-ring (bicyclic) bond motifs is 6. The Morgan fingerprint density at radius 3 is 1.76 bits per heavy atom. The molecule has 1 aliphatic heterocycles. The number of carbonyl (C=O) groups excluding carboxylic acids is 1. The van der Waals surface area contributed by atoms with Crippen molar-refractivity contribution in [3.05, 3.63) is 96.1 Å². The first-order chi connectivity index (χ1) is 18.5. The van der Waals surface area contributed by atoms with E-state index in [-0.39, 0.29) is 0 Å². The van der Waals surface area contributed by atoms with E-state index < -0.39 is 11.8 Å². The Morgan fingerprint density at radius 1 is 0.842 bits per heavy atom. The largest absolute Gasteiger partial charge is 0.456 e. The molecule has 1 fully saturated rings. The van der Waals surface area contributed by atoms with Crippen LogP contribution in [0.25, 0.3) is 43.9 Å². The third-order valence-corrected chi connectivity index (χ3v) is 7.63. The number of nitrogens with two attached hydrogens (primary N) is 1. The van der Waals surface area contributed by atoms with E-state index in [4.69, 9.17) is 19.7 Å². The molecule has 6 heteroatoms. The molecule has 3 heterocycles. The second-order valence-corrected chi connectivity index (χ2v) is 10.0. The van der Waals surface area contributed by atoms with E-state index in [0.29, 0.717) is 12.6 Å². The molecule has 6 nitrogen and oxygen atoms in total. The van der Waals surface area contributed by atoms with Crippen LogP contribution >= 0.6 is 0 Å². The summed E-state index contributed by atoms with van der Waals surface area (Å²) in [4.78, 5) is 14.8. The molecule has 2 aromatic heterocycles. The van der Waals surface area contributed by atoms with Crippen LogP contribution in [0.5, 0.6) is 0 Å². The van der Waals surface area contributed by atoms with Gasteiger partial charge >= 0.3 is 0 Å². The predicted octanol–water partition coefficient (Wildman–Crippen LogP) is 6.18. The lowest BCUT2D eigenvalue weighted by Gasteiger charge is -2.15. The second kappa shape index (κ2) is 9.97. The summed E-state index contributed by atoms with van der Waals surface area (Å²) < 4.78 is 11.8. The van der Waals surface area contributed by atoms with Gasteiger partial charge in [-0.2, -0.15) is 0 Å². The molecule has 1 amide bonds. The number of carbonyl (C=O) groups is 1. The molecule has 1 atom stereocenters. The Bertz CT molecular complexity index is 1650. The topological polar surface area (TPSA) is 92.8 Å². The van der Waals surface area contributed by atoms with Crippen LogP contribution in [0.4, 0.5) is 0 Å². The molecule has 4 aromatic carbocycles. The first-order valence-electron chi connectivity index (χ1n) is 13.0. The van der Waals surface area contributed by atoms with Crippen LogP contribution in [0.15, 0.2) is 93.8 Å². The van der Waals surface area contributed by atoms with Gasteiger partial charge in [-0.05, 0) is 74.0 Å². The zero-order valence-electron chi connectivity index (χ0n) is 21.3. The number of para-hydroxylation sites is 2. The SMILES string of the molecule is CN1CCCC1CO.NC(=O)C(c1ccc2oc3ccccc3c2c1)c1ccc2oc3ccccc3c2c1. The summed E-state index contributed by atoms with van der Waals surface area (Å²) in [6.45, 7) is 1.49. The Balaban J connectivity index is 0.000000285. The zero-order chi connectivity index (χ0) is 26.2. The minimum Gasteiger partial charge on any atom is -0.456 e. The first-order valence-corrected chi connectivity index (χ1v) is 13.0. The molecule has 6 aromatic rings. The molecule has 38 heavy (non-hydrogen) atoms. The molecule has 0 radical (unpaired) electrons. The lowest BCUT2D eigenvalue weighted by molar-refractivity contribution is -0.118. The van der Waals surface area contributed by atoms with Crippen molar-refractivity contribution in [2.75, 3.05) is 20.2 Å². The highest BCUT2D eigenvalue weighted by molar-refractivity contribution is 6.07. The molecular formula is C32H30N2O4. The molecule has 1 aliphatic rings. The Hall–Kier alpha value is -4.13. The number of nitrogens with zero attached hydrogens (tertiary/aromatic N) is 1. The number of primary amides is 1. The van der Waals surface area contributed by atoms with E-state index >= 15 is 0 Å². The van der Waals surface area contributed by atoms with Crippen molar-refractivity contribution < 1.29 is 18.7 Å². The average molecular weight is 507 g/mol. The standard InChI is InChI=1S/C26H17NO3.C6H13NO/c27-26(28)25(15-9-11-23-19(13-15)17-5-1-3-7-21(17)29-23)16-10-12-24-20(14-16)18-6-2-4-8-22(18)30-24;1-7-4-2-3-6(7)5-8/h1-14,25H,(H2,27,28);6,8H,2-5H2,1H3. The minimum absolute atomic E-state index is 0.330. The van der Waals surface area contributed by atoms with Crippen molar-refractivity contribution in [2.45, 2.75) is 24.8 Å². The summed E-state index contributed by atoms with van der Waals surface area (Å²) in [5.74, 6) is -0.963. The molecule has 3 N–H and O–H groups in total. The molecular weight excluding hydrogens is 476 g/mol. The summed E-state index contributed by atoms with van der Waals surface area (Å²) in [5.41, 5.74) is 10.8. The van der Waals surface area contributed by atoms with E-state index in [1.807, 2.05) is 84.9 Å². The van der Waals surface area contributed by atoms with E-state index in [1.165, 1.54) is 12.8 Å². The van der Waals surface area contributed by atoms with Crippen LogP contribution in [-0.4, -0.2) is 42.2 Å². The lowest BCUT2D eigenvalue weighted by Crippen LogP contribution is -2.27. The van der Waals surface area contributed by atoms with Crippen molar-refractivity contribution in [1.29, 1.82) is 0 Å². The summed E-state index contributed by atoms with van der Waals surface area (Å²) in [6, 6.07) is 27.9. The number of hydrogen-bond donors (Lipinski definition) is 2. The Kier molecular flexibility index (Phi) is 6.35. The van der Waals surface area contributed by atoms with E-state index in [0.717, 1.165) is 61.5 Å². The fourth-order valence-electron chi connectivity index (χ4n) is 5.58. The number of likely N-dealkylation sites (tertiary alicyclic amines) is 1. The van der Waals surface area contributed by atoms with Crippen molar-refractivity contribution in [3.63, 3.8) is 0 Å². The van der Waals surface area contributed by atoms with Crippen LogP contribution in [-0.2, 0) is 4.79 Å². The number of aliphatic hydroxyl groups excluding tert-OH is 1. The number of rotatable bonds is 4. The van der Waals surface area contributed by atoms with Gasteiger partial charge in [-0.3, -0.25) is 4.79 Å². The molecule has 0 aliphatic carbocycles. The van der Waals surface area contributed by atoms with Crippen LogP contribution in [0.2, 0.25) is 0 Å². The molecule has 0 bridgehead atoms. The van der Waals surface area contributed by atoms with Crippen molar-refractivity contribution in [3.8, 4) is 0 Å². The van der Waals surface area contributed by atoms with Gasteiger partial charge in [0.15, 0.2) is 0 Å². The van der Waals surface area contributed by atoms with Gasteiger partial charge < -0.3 is 24.6 Å². The quantitative estimate of drug-likeness (QED) is 0.298. The van der Waals surface area contributed by atoms with Crippen LogP contribution in [0, 0.1) is 0 Å². The monoisotopic (exact) mass is 506 g/mol. The van der Waals surface area contributed by atoms with Crippen molar-refractivity contribution in [1.82, 2.24) is 4.90 Å². The highest BCUT2D eigenvalue weighted by Gasteiger charge is 2.23. The minimum atomic E-state index is -0.568. The number of aliphatic hydroxyl groups is 1. The summed E-state index contributed by atoms with van der Waals surface area (Å²) >= 11 is 0. The summed E-state index contributed by atoms with van der Waals surface area (Å²) in [7, 11) is 2.06. The zero-order valence-corrected chi connectivity index (χ0v) is 21.3. The Labute approximate surface area is 220 Å². The van der Waals surface area contributed by atoms with Gasteiger partial charge in [0, 0.05) is 27.6 Å². The smallest absolute Gasteiger partial charge is 0.229 e. The number of furan rings is 2. The Morgan fingerprint density at radius 2 is 1.34 bits per heavy atom. The van der Waals surface area contributed by atoms with Crippen LogP contribution in [0.3, 0.4) is 0 Å². The molecule has 0 saturated carbocycles. The van der Waals surface area contributed by atoms with Crippen molar-refractivity contribution >= 4 is 49.8 Å². The summed E-state index contributed by atoms with van der Waals surface area (Å²) in [6.07, 6.45) is 2.43. The number of likely N-dealkylation sites (N-methyl/N-ethyl adjacent to an activating group) is 1. The van der Waals surface area contributed by atoms with Gasteiger partial charge in [0.25, 0.3) is 0 Å². The van der Waals surface area contributed by atoms with E-state index in [2.05, 4.69) is 11.9 Å². The third kappa shape index (κ3) is 4.32. The second-order valence-electron chi connectivity index (χ2n) is 10.0. The molecule has 192 valence electrons. The molecule has 0 spiro atoms. The van der Waals surface area contributed by atoms with Gasteiger partial charge in [-0.25, -0.2) is 0 Å². The van der Waals surface area contributed by atoms with Crippen LogP contribution in [0.1, 0.15) is 29.9 Å². The average Bonchev–Trinajstić information content (AvgIpc) is 3.63. The fourth-order valence-corrected chi connectivity index (χ4v) is 5.58. The maximum absolute atomic E-state index is 12.6. The summed E-state index contributed by atoms with van der Waals surface area (Å²) in [5, 5.41) is 12.7. The third-order valence-electron chi connectivity index (χ3n) is 7.63. The van der Waals surface area contributed by atoms with Gasteiger partial charge in [0.05, 0.1) is 12.5 Å². The van der Waals surface area contributed by atoms with E-state index in [1.54, 1.807) is 0 Å². The maximum atomic E-state index is 12.6. The number of benzene rings is 4. The number of hydrogen-bond acceptors (Lipinski definition) is 5. The first kappa shape index (κ1) is 24.2. The molecule has 1 saturated heterocycles. The van der Waals surface area contributed by atoms with Crippen LogP contribution < -0.4 is 5.73 Å². The maximum Gasteiger partial charge on any atom is 0.229 e. The predicted molar refractivity (Wildman–Crippen MR) is 151 cm³/mol. The lowest BCUT2D eigenvalue weighted by atomic mass is 9.89. The van der Waals surface area contributed by atoms with Crippen molar-refractivity contribution in [2.24, 2.45) is 5.73 Å². The van der Waals surface area contributed by atoms with Gasteiger partial charge in [-0.1, -0.05) is 48.5 Å². The van der Waals surface area contributed by atoms with Gasteiger partial charge in [0.2, 0.25) is 5.91 Å². The molecule has 7 rings (SSSR count). The number of amides is 1.